The second kappa shape index (κ2) is 8.26. The Bertz CT molecular complexity index is 1410. The van der Waals surface area contributed by atoms with Crippen LogP contribution >= 0.6 is 35.2 Å². The lowest BCUT2D eigenvalue weighted by Crippen LogP contribution is -2.30. The smallest absolute Gasteiger partial charge is 0.194 e. The van der Waals surface area contributed by atoms with E-state index in [1.165, 1.54) is 0 Å². The molecule has 1 saturated heterocycles. The lowest BCUT2D eigenvalue weighted by molar-refractivity contribution is 0.549. The number of pyridine rings is 1. The molecule has 0 amide bonds. The van der Waals surface area contributed by atoms with Gasteiger partial charge in [0.1, 0.15) is 6.04 Å². The number of para-hydroxylation sites is 1. The minimum Gasteiger partial charge on any atom is -0.351 e. The Morgan fingerprint density at radius 2 is 1.76 bits per heavy atom. The first-order valence-electron chi connectivity index (χ1n) is 10.5. The standard InChI is InChI=1S/C25H18ClN5S2/c26-16-10-12-17(13-11-16)31-23(22(29-24(31)32)19-7-3-4-14-27-19)20-8-5-15-30(20)25-28-18-6-1-2-9-21(18)33-25/h1-15,22-23H,(H,29,32)/t22-,23+/m0/s1. The average molecular weight is 488 g/mol. The topological polar surface area (TPSA) is 46.0 Å². The van der Waals surface area contributed by atoms with Gasteiger partial charge in [-0.1, -0.05) is 41.1 Å². The molecular weight excluding hydrogens is 470 g/mol. The van der Waals surface area contributed by atoms with Crippen molar-refractivity contribution in [1.29, 1.82) is 0 Å². The number of fused-ring (bicyclic) bond motifs is 1. The molecule has 162 valence electrons. The summed E-state index contributed by atoms with van der Waals surface area (Å²) < 4.78 is 3.31. The number of rotatable bonds is 4. The van der Waals surface area contributed by atoms with E-state index in [1.807, 2.05) is 66.9 Å². The van der Waals surface area contributed by atoms with Crippen molar-refractivity contribution in [1.82, 2.24) is 19.9 Å². The molecule has 6 rings (SSSR count). The Kier molecular flexibility index (Phi) is 5.10. The van der Waals surface area contributed by atoms with Gasteiger partial charge in [-0.3, -0.25) is 9.55 Å². The maximum atomic E-state index is 6.17. The first kappa shape index (κ1) is 20.4. The molecule has 0 unspecified atom stereocenters. The van der Waals surface area contributed by atoms with Gasteiger partial charge in [0.2, 0.25) is 0 Å². The lowest BCUT2D eigenvalue weighted by Gasteiger charge is -2.28. The number of halogens is 1. The predicted octanol–water partition coefficient (Wildman–Crippen LogP) is 6.31. The number of hydrogen-bond donors (Lipinski definition) is 1. The Hall–Kier alpha value is -3.26. The van der Waals surface area contributed by atoms with E-state index in [0.29, 0.717) is 10.1 Å². The number of nitrogens with one attached hydrogen (secondary N) is 1. The Labute approximate surface area is 205 Å². The Balaban J connectivity index is 1.51. The zero-order chi connectivity index (χ0) is 22.4. The molecule has 1 aliphatic heterocycles. The van der Waals surface area contributed by atoms with Gasteiger partial charge < -0.3 is 10.2 Å². The molecule has 0 bridgehead atoms. The summed E-state index contributed by atoms with van der Waals surface area (Å²) in [6, 6.07) is 25.8. The van der Waals surface area contributed by atoms with Crippen molar-refractivity contribution in [3.05, 3.63) is 108 Å². The monoisotopic (exact) mass is 487 g/mol. The van der Waals surface area contributed by atoms with Gasteiger partial charge in [-0.25, -0.2) is 4.98 Å². The fraction of sp³-hybridized carbons (Fsp3) is 0.0800. The van der Waals surface area contributed by atoms with E-state index in [0.717, 1.165) is 32.4 Å². The fourth-order valence-electron chi connectivity index (χ4n) is 4.31. The number of aromatic nitrogens is 3. The summed E-state index contributed by atoms with van der Waals surface area (Å²) in [6.07, 6.45) is 3.87. The van der Waals surface area contributed by atoms with Crippen molar-refractivity contribution in [3.8, 4) is 5.13 Å². The summed E-state index contributed by atoms with van der Waals surface area (Å²) in [4.78, 5) is 11.7. The zero-order valence-electron chi connectivity index (χ0n) is 17.3. The van der Waals surface area contributed by atoms with Crippen molar-refractivity contribution >= 4 is 56.2 Å². The van der Waals surface area contributed by atoms with Gasteiger partial charge in [-0.15, -0.1) is 0 Å². The van der Waals surface area contributed by atoms with Crippen LogP contribution in [0, 0.1) is 0 Å². The average Bonchev–Trinajstić information content (AvgIpc) is 3.56. The highest BCUT2D eigenvalue weighted by molar-refractivity contribution is 7.80. The third-order valence-electron chi connectivity index (χ3n) is 5.77. The maximum Gasteiger partial charge on any atom is 0.194 e. The molecular formula is C25H18ClN5S2. The molecule has 1 N–H and O–H groups in total. The Morgan fingerprint density at radius 3 is 2.55 bits per heavy atom. The molecule has 2 atom stereocenters. The van der Waals surface area contributed by atoms with Crippen LogP contribution in [0.3, 0.4) is 0 Å². The predicted molar refractivity (Wildman–Crippen MR) is 138 cm³/mol. The van der Waals surface area contributed by atoms with Crippen molar-refractivity contribution in [2.75, 3.05) is 4.90 Å². The van der Waals surface area contributed by atoms with Gasteiger partial charge in [0.25, 0.3) is 0 Å². The van der Waals surface area contributed by atoms with Gasteiger partial charge in [-0.05, 0) is 72.9 Å². The third-order valence-corrected chi connectivity index (χ3v) is 7.38. The van der Waals surface area contributed by atoms with Crippen LogP contribution in [-0.4, -0.2) is 19.6 Å². The molecule has 33 heavy (non-hydrogen) atoms. The number of nitrogens with zero attached hydrogens (tertiary/aromatic N) is 4. The van der Waals surface area contributed by atoms with Gasteiger partial charge in [-0.2, -0.15) is 0 Å². The Morgan fingerprint density at radius 1 is 0.939 bits per heavy atom. The van der Waals surface area contributed by atoms with Gasteiger partial charge in [0.05, 0.1) is 27.6 Å². The third kappa shape index (κ3) is 3.58. The van der Waals surface area contributed by atoms with Crippen LogP contribution < -0.4 is 10.2 Å². The molecule has 3 aromatic heterocycles. The largest absolute Gasteiger partial charge is 0.351 e. The van der Waals surface area contributed by atoms with Crippen LogP contribution in [0.25, 0.3) is 15.3 Å². The zero-order valence-corrected chi connectivity index (χ0v) is 19.7. The van der Waals surface area contributed by atoms with Crippen LogP contribution in [0.4, 0.5) is 5.69 Å². The quantitative estimate of drug-likeness (QED) is 0.301. The molecule has 8 heteroatoms. The van der Waals surface area contributed by atoms with Crippen molar-refractivity contribution in [2.24, 2.45) is 0 Å². The molecule has 0 aliphatic carbocycles. The fourth-order valence-corrected chi connectivity index (χ4v) is 5.75. The molecule has 5 nitrogen and oxygen atoms in total. The van der Waals surface area contributed by atoms with Gasteiger partial charge in [0, 0.05) is 23.1 Å². The summed E-state index contributed by atoms with van der Waals surface area (Å²) in [5, 5.41) is 5.77. The van der Waals surface area contributed by atoms with Crippen LogP contribution in [-0.2, 0) is 0 Å². The van der Waals surface area contributed by atoms with Crippen molar-refractivity contribution in [3.63, 3.8) is 0 Å². The van der Waals surface area contributed by atoms with E-state index in [-0.39, 0.29) is 12.1 Å². The van der Waals surface area contributed by atoms with Gasteiger partial charge >= 0.3 is 0 Å². The molecule has 0 radical (unpaired) electrons. The van der Waals surface area contributed by atoms with Gasteiger partial charge in [0.15, 0.2) is 10.2 Å². The van der Waals surface area contributed by atoms with Crippen LogP contribution in [0.2, 0.25) is 5.02 Å². The maximum absolute atomic E-state index is 6.17. The van der Waals surface area contributed by atoms with E-state index in [1.54, 1.807) is 11.3 Å². The molecule has 0 spiro atoms. The molecule has 1 aliphatic rings. The van der Waals surface area contributed by atoms with E-state index >= 15 is 0 Å². The number of hydrogen-bond acceptors (Lipinski definition) is 4. The van der Waals surface area contributed by atoms with Crippen molar-refractivity contribution < 1.29 is 0 Å². The minimum absolute atomic E-state index is 0.127. The second-order valence-corrected chi connectivity index (χ2v) is 9.57. The molecule has 4 heterocycles. The van der Waals surface area contributed by atoms with E-state index < -0.39 is 0 Å². The highest BCUT2D eigenvalue weighted by Crippen LogP contribution is 2.42. The highest BCUT2D eigenvalue weighted by Gasteiger charge is 2.42. The SMILES string of the molecule is S=C1N[C@@H](c2ccccn2)[C@@H](c2cccn2-c2nc3ccccc3s2)N1c1ccc(Cl)cc1. The van der Waals surface area contributed by atoms with Crippen LogP contribution in [0.1, 0.15) is 23.5 Å². The normalized spacial score (nSPS) is 18.1. The number of benzene rings is 2. The van der Waals surface area contributed by atoms with Crippen LogP contribution in [0.5, 0.6) is 0 Å². The van der Waals surface area contributed by atoms with E-state index in [4.69, 9.17) is 28.8 Å². The number of thiocarbonyl (C=S) groups is 1. The summed E-state index contributed by atoms with van der Waals surface area (Å²) in [6.45, 7) is 0. The molecule has 0 saturated carbocycles. The lowest BCUT2D eigenvalue weighted by atomic mass is 10.0. The number of anilines is 1. The first-order chi connectivity index (χ1) is 16.2. The highest BCUT2D eigenvalue weighted by atomic mass is 35.5. The first-order valence-corrected chi connectivity index (χ1v) is 12.1. The van der Waals surface area contributed by atoms with E-state index in [9.17, 15) is 0 Å². The molecule has 2 aromatic carbocycles. The summed E-state index contributed by atoms with van der Waals surface area (Å²) in [5.74, 6) is 0. The second-order valence-electron chi connectivity index (χ2n) is 7.74. The summed E-state index contributed by atoms with van der Waals surface area (Å²) in [7, 11) is 0. The van der Waals surface area contributed by atoms with Crippen LogP contribution in [0.15, 0.2) is 91.3 Å². The molecule has 5 aromatic rings. The van der Waals surface area contributed by atoms with E-state index in [2.05, 4.69) is 44.2 Å². The minimum atomic E-state index is -0.129. The summed E-state index contributed by atoms with van der Waals surface area (Å²) in [5.41, 5.74) is 3.97. The summed E-state index contributed by atoms with van der Waals surface area (Å²) >= 11 is 13.7. The number of thiazole rings is 1. The molecule has 1 fully saturated rings. The van der Waals surface area contributed by atoms with Crippen molar-refractivity contribution in [2.45, 2.75) is 12.1 Å².